The molecule has 1 amide bonds. The van der Waals surface area contributed by atoms with Gasteiger partial charge < -0.3 is 14.6 Å². The summed E-state index contributed by atoms with van der Waals surface area (Å²) in [5, 5.41) is 9.91. The van der Waals surface area contributed by atoms with Gasteiger partial charge in [-0.05, 0) is 20.8 Å². The van der Waals surface area contributed by atoms with Gasteiger partial charge in [-0.25, -0.2) is 14.8 Å². The van der Waals surface area contributed by atoms with E-state index in [1.165, 1.54) is 18.3 Å². The highest BCUT2D eigenvalue weighted by Crippen LogP contribution is 2.36. The third-order valence-electron chi connectivity index (χ3n) is 3.16. The van der Waals surface area contributed by atoms with E-state index < -0.39 is 17.8 Å². The fourth-order valence-electron chi connectivity index (χ4n) is 2.36. The Bertz CT molecular complexity index is 515. The van der Waals surface area contributed by atoms with Crippen molar-refractivity contribution in [3.63, 3.8) is 0 Å². The number of aliphatic hydroxyl groups is 1. The number of aliphatic hydroxyl groups excluding tert-OH is 1. The molecule has 0 bridgehead atoms. The molecule has 1 saturated heterocycles. The summed E-state index contributed by atoms with van der Waals surface area (Å²) in [7, 11) is 1.51. The van der Waals surface area contributed by atoms with E-state index in [1.807, 2.05) is 0 Å². The Morgan fingerprint density at radius 2 is 2.19 bits per heavy atom. The van der Waals surface area contributed by atoms with Crippen molar-refractivity contribution < 1.29 is 19.4 Å². The van der Waals surface area contributed by atoms with Crippen molar-refractivity contribution in [1.29, 1.82) is 0 Å². The molecule has 0 saturated carbocycles. The van der Waals surface area contributed by atoms with Gasteiger partial charge in [0, 0.05) is 12.6 Å². The van der Waals surface area contributed by atoms with Crippen LogP contribution < -0.4 is 4.74 Å². The van der Waals surface area contributed by atoms with Crippen molar-refractivity contribution in [2.24, 2.45) is 0 Å². The van der Waals surface area contributed by atoms with Crippen LogP contribution in [0.2, 0.25) is 0 Å². The van der Waals surface area contributed by atoms with Gasteiger partial charge in [-0.1, -0.05) is 0 Å². The van der Waals surface area contributed by atoms with Gasteiger partial charge >= 0.3 is 6.09 Å². The van der Waals surface area contributed by atoms with Crippen LogP contribution >= 0.6 is 0 Å². The van der Waals surface area contributed by atoms with E-state index in [0.29, 0.717) is 17.9 Å². The molecule has 1 unspecified atom stereocenters. The van der Waals surface area contributed by atoms with E-state index >= 15 is 0 Å². The predicted octanol–water partition coefficient (Wildman–Crippen LogP) is 1.53. The lowest BCUT2D eigenvalue weighted by Gasteiger charge is -2.28. The Labute approximate surface area is 123 Å². The lowest BCUT2D eigenvalue weighted by molar-refractivity contribution is 0.0205. The first kappa shape index (κ1) is 15.5. The van der Waals surface area contributed by atoms with Gasteiger partial charge in [-0.15, -0.1) is 0 Å². The van der Waals surface area contributed by atoms with Crippen LogP contribution in [0.15, 0.2) is 12.5 Å². The van der Waals surface area contributed by atoms with Crippen molar-refractivity contribution in [2.75, 3.05) is 13.7 Å². The minimum absolute atomic E-state index is 0.220. The molecule has 0 spiro atoms. The van der Waals surface area contributed by atoms with Crippen LogP contribution in [-0.4, -0.2) is 51.4 Å². The summed E-state index contributed by atoms with van der Waals surface area (Å²) in [5.41, 5.74) is 0.0781. The van der Waals surface area contributed by atoms with Gasteiger partial charge in [0.05, 0.1) is 31.4 Å². The molecule has 116 valence electrons. The molecule has 1 N–H and O–H groups in total. The zero-order chi connectivity index (χ0) is 15.6. The molecule has 21 heavy (non-hydrogen) atoms. The number of hydrogen-bond acceptors (Lipinski definition) is 6. The van der Waals surface area contributed by atoms with E-state index in [-0.39, 0.29) is 12.6 Å². The SMILES string of the molecule is COc1ncncc1C1C[C@@H](O)CN1C(=O)OC(C)(C)C. The average Bonchev–Trinajstić information content (AvgIpc) is 2.79. The predicted molar refractivity (Wildman–Crippen MR) is 74.9 cm³/mol. The second-order valence-electron chi connectivity index (χ2n) is 6.03. The van der Waals surface area contributed by atoms with Gasteiger partial charge in [0.1, 0.15) is 11.9 Å². The lowest BCUT2D eigenvalue weighted by Crippen LogP contribution is -2.37. The lowest BCUT2D eigenvalue weighted by atomic mass is 10.1. The first-order valence-electron chi connectivity index (χ1n) is 6.83. The highest BCUT2D eigenvalue weighted by atomic mass is 16.6. The Balaban J connectivity index is 2.26. The summed E-state index contributed by atoms with van der Waals surface area (Å²) in [6, 6.07) is -0.356. The first-order chi connectivity index (χ1) is 9.81. The average molecular weight is 295 g/mol. The van der Waals surface area contributed by atoms with Crippen molar-refractivity contribution >= 4 is 6.09 Å². The fourth-order valence-corrected chi connectivity index (χ4v) is 2.36. The van der Waals surface area contributed by atoms with Crippen LogP contribution in [0.25, 0.3) is 0 Å². The molecular weight excluding hydrogens is 274 g/mol. The first-order valence-corrected chi connectivity index (χ1v) is 6.83. The summed E-state index contributed by atoms with van der Waals surface area (Å²) >= 11 is 0. The maximum atomic E-state index is 12.3. The second-order valence-corrected chi connectivity index (χ2v) is 6.03. The molecule has 2 rings (SSSR count). The summed E-state index contributed by atoms with van der Waals surface area (Å²) in [6.07, 6.45) is 2.32. The van der Waals surface area contributed by atoms with Crippen LogP contribution in [-0.2, 0) is 4.74 Å². The third-order valence-corrected chi connectivity index (χ3v) is 3.16. The van der Waals surface area contributed by atoms with Crippen molar-refractivity contribution in [2.45, 2.75) is 44.9 Å². The monoisotopic (exact) mass is 295 g/mol. The molecule has 1 aliphatic rings. The van der Waals surface area contributed by atoms with Crippen LogP contribution in [0.1, 0.15) is 38.8 Å². The normalized spacial score (nSPS) is 22.2. The van der Waals surface area contributed by atoms with Crippen molar-refractivity contribution in [3.8, 4) is 5.88 Å². The zero-order valence-corrected chi connectivity index (χ0v) is 12.7. The Morgan fingerprint density at radius 3 is 2.81 bits per heavy atom. The summed E-state index contributed by atoms with van der Waals surface area (Å²) in [6.45, 7) is 5.63. The maximum Gasteiger partial charge on any atom is 0.410 e. The van der Waals surface area contributed by atoms with Gasteiger partial charge in [0.25, 0.3) is 0 Å². The van der Waals surface area contributed by atoms with E-state index in [4.69, 9.17) is 9.47 Å². The smallest absolute Gasteiger partial charge is 0.410 e. The molecule has 7 nitrogen and oxygen atoms in total. The number of aromatic nitrogens is 2. The van der Waals surface area contributed by atoms with Gasteiger partial charge in [0.2, 0.25) is 5.88 Å². The molecule has 1 aliphatic heterocycles. The van der Waals surface area contributed by atoms with Gasteiger partial charge in [-0.3, -0.25) is 4.90 Å². The third kappa shape index (κ3) is 3.60. The molecule has 0 radical (unpaired) electrons. The topological polar surface area (TPSA) is 84.8 Å². The molecule has 1 fully saturated rings. The standard InChI is InChI=1S/C14H21N3O4/c1-14(2,3)21-13(19)17-7-9(18)5-11(17)10-6-15-8-16-12(10)20-4/h6,8-9,11,18H,5,7H2,1-4H3/t9-,11?/m1/s1. The highest BCUT2D eigenvalue weighted by Gasteiger charge is 2.39. The van der Waals surface area contributed by atoms with Crippen molar-refractivity contribution in [1.82, 2.24) is 14.9 Å². The minimum atomic E-state index is -0.604. The fraction of sp³-hybridized carbons (Fsp3) is 0.643. The second kappa shape index (κ2) is 5.85. The Morgan fingerprint density at radius 1 is 1.48 bits per heavy atom. The molecule has 1 aromatic heterocycles. The number of ether oxygens (including phenoxy) is 2. The number of amides is 1. The number of rotatable bonds is 2. The molecular formula is C14H21N3O4. The number of methoxy groups -OCH3 is 1. The van der Waals surface area contributed by atoms with Crippen LogP contribution in [0.3, 0.4) is 0 Å². The van der Waals surface area contributed by atoms with E-state index in [1.54, 1.807) is 27.0 Å². The molecule has 7 heteroatoms. The number of hydrogen-bond donors (Lipinski definition) is 1. The number of β-amino-alcohol motifs (C(OH)–C–C–N with tert-alkyl or cyclic N) is 1. The zero-order valence-electron chi connectivity index (χ0n) is 12.7. The molecule has 2 heterocycles. The largest absolute Gasteiger partial charge is 0.481 e. The maximum absolute atomic E-state index is 12.3. The number of carbonyl (C=O) groups is 1. The highest BCUT2D eigenvalue weighted by molar-refractivity contribution is 5.69. The molecule has 0 aromatic carbocycles. The molecule has 0 aliphatic carbocycles. The Hall–Kier alpha value is -1.89. The number of likely N-dealkylation sites (tertiary alicyclic amines) is 1. The molecule has 2 atom stereocenters. The number of nitrogens with zero attached hydrogens (tertiary/aromatic N) is 3. The minimum Gasteiger partial charge on any atom is -0.481 e. The van der Waals surface area contributed by atoms with E-state index in [0.717, 1.165) is 0 Å². The quantitative estimate of drug-likeness (QED) is 0.890. The van der Waals surface area contributed by atoms with E-state index in [9.17, 15) is 9.90 Å². The summed E-state index contributed by atoms with van der Waals surface area (Å²) in [5.74, 6) is 0.401. The van der Waals surface area contributed by atoms with Gasteiger partial charge in [0.15, 0.2) is 0 Å². The van der Waals surface area contributed by atoms with Gasteiger partial charge in [-0.2, -0.15) is 0 Å². The van der Waals surface area contributed by atoms with Crippen LogP contribution in [0, 0.1) is 0 Å². The van der Waals surface area contributed by atoms with Crippen LogP contribution in [0.5, 0.6) is 5.88 Å². The molecule has 1 aromatic rings. The van der Waals surface area contributed by atoms with E-state index in [2.05, 4.69) is 9.97 Å². The summed E-state index contributed by atoms with van der Waals surface area (Å²) < 4.78 is 10.6. The number of carbonyl (C=O) groups excluding carboxylic acids is 1. The van der Waals surface area contributed by atoms with Crippen LogP contribution in [0.4, 0.5) is 4.79 Å². The summed E-state index contributed by atoms with van der Waals surface area (Å²) in [4.78, 5) is 21.8. The Kier molecular flexibility index (Phi) is 4.32. The van der Waals surface area contributed by atoms with Crippen molar-refractivity contribution in [3.05, 3.63) is 18.1 Å².